The Morgan fingerprint density at radius 2 is 2.12 bits per heavy atom. The first-order valence-corrected chi connectivity index (χ1v) is 4.67. The lowest BCUT2D eigenvalue weighted by Gasteiger charge is -2.00. The van der Waals surface area contributed by atoms with Gasteiger partial charge < -0.3 is 5.11 Å². The van der Waals surface area contributed by atoms with Crippen molar-refractivity contribution in [3.63, 3.8) is 0 Å². The summed E-state index contributed by atoms with van der Waals surface area (Å²) in [6.45, 7) is 3.62. The zero-order valence-electron chi connectivity index (χ0n) is 9.17. The molecule has 16 heavy (non-hydrogen) atoms. The number of aryl methyl sites for hydroxylation is 2. The fraction of sp³-hybridized carbons (Fsp3) is 0.333. The highest BCUT2D eigenvalue weighted by atomic mass is 16.4. The van der Waals surface area contributed by atoms with Gasteiger partial charge in [-0.3, -0.25) is 4.68 Å². The maximum Gasteiger partial charge on any atom is 0.356 e. The minimum atomic E-state index is -1.05. The Labute approximate surface area is 91.3 Å². The van der Waals surface area contributed by atoms with Gasteiger partial charge in [-0.15, -0.1) is 5.10 Å². The third-order valence-electron chi connectivity index (χ3n) is 2.39. The van der Waals surface area contributed by atoms with Crippen LogP contribution in [0.5, 0.6) is 0 Å². The molecule has 0 atom stereocenters. The molecule has 2 heterocycles. The number of hydrogen-bond donors (Lipinski definition) is 1. The summed E-state index contributed by atoms with van der Waals surface area (Å²) in [5.74, 6) is -0.504. The number of carboxylic acid groups (broad SMARTS) is 1. The third kappa shape index (κ3) is 1.46. The molecule has 0 aromatic carbocycles. The number of rotatable bonds is 2. The van der Waals surface area contributed by atoms with E-state index in [1.807, 2.05) is 6.92 Å². The van der Waals surface area contributed by atoms with Crippen molar-refractivity contribution in [1.82, 2.24) is 24.8 Å². The van der Waals surface area contributed by atoms with E-state index in [4.69, 9.17) is 5.11 Å². The topological polar surface area (TPSA) is 85.8 Å². The minimum Gasteiger partial charge on any atom is -0.476 e. The van der Waals surface area contributed by atoms with Gasteiger partial charge in [0.1, 0.15) is 0 Å². The van der Waals surface area contributed by atoms with E-state index in [9.17, 15) is 4.79 Å². The Balaban J connectivity index is 2.56. The van der Waals surface area contributed by atoms with Crippen LogP contribution in [0.1, 0.15) is 21.9 Å². The molecule has 0 bridgehead atoms. The molecule has 0 saturated carbocycles. The maximum atomic E-state index is 10.8. The first-order chi connectivity index (χ1) is 7.50. The van der Waals surface area contributed by atoms with E-state index >= 15 is 0 Å². The molecule has 2 aromatic heterocycles. The van der Waals surface area contributed by atoms with Crippen molar-refractivity contribution in [3.05, 3.63) is 23.1 Å². The molecule has 2 aromatic rings. The van der Waals surface area contributed by atoms with Gasteiger partial charge in [0.2, 0.25) is 0 Å². The second-order valence-electron chi connectivity index (χ2n) is 3.51. The molecule has 7 heteroatoms. The van der Waals surface area contributed by atoms with Gasteiger partial charge in [0.05, 0.1) is 5.69 Å². The number of aromatic carboxylic acids is 1. The Hall–Kier alpha value is -2.18. The van der Waals surface area contributed by atoms with Gasteiger partial charge in [-0.25, -0.2) is 9.48 Å². The van der Waals surface area contributed by atoms with Gasteiger partial charge in [-0.05, 0) is 19.9 Å². The smallest absolute Gasteiger partial charge is 0.356 e. The maximum absolute atomic E-state index is 10.8. The Morgan fingerprint density at radius 1 is 1.44 bits per heavy atom. The average Bonchev–Trinajstić information content (AvgIpc) is 2.73. The monoisotopic (exact) mass is 221 g/mol. The lowest BCUT2D eigenvalue weighted by Crippen LogP contribution is -2.04. The summed E-state index contributed by atoms with van der Waals surface area (Å²) in [7, 11) is 1.77. The van der Waals surface area contributed by atoms with Crippen LogP contribution in [0.3, 0.4) is 0 Å². The normalized spacial score (nSPS) is 10.7. The lowest BCUT2D eigenvalue weighted by molar-refractivity contribution is 0.0690. The van der Waals surface area contributed by atoms with Crippen LogP contribution in [0.15, 0.2) is 6.07 Å². The standard InChI is InChI=1S/C9H11N5O2/c1-5-4-7(9(15)16)11-14(5)8-6(2)13(3)12-10-8/h4H,1-3H3,(H,15,16). The van der Waals surface area contributed by atoms with E-state index in [0.717, 1.165) is 5.69 Å². The van der Waals surface area contributed by atoms with Gasteiger partial charge in [0.25, 0.3) is 0 Å². The van der Waals surface area contributed by atoms with Crippen LogP contribution in [-0.4, -0.2) is 35.9 Å². The SMILES string of the molecule is Cc1c(-n2nc(C(=O)O)cc2C)nnn1C. The molecule has 0 unspecified atom stereocenters. The number of nitrogens with zero attached hydrogens (tertiary/aromatic N) is 5. The summed E-state index contributed by atoms with van der Waals surface area (Å²) in [5.41, 5.74) is 1.53. The molecule has 84 valence electrons. The van der Waals surface area contributed by atoms with Crippen molar-refractivity contribution in [2.45, 2.75) is 13.8 Å². The van der Waals surface area contributed by atoms with Crippen LogP contribution in [0.25, 0.3) is 5.82 Å². The van der Waals surface area contributed by atoms with Crippen LogP contribution in [0.4, 0.5) is 0 Å². The van der Waals surface area contributed by atoms with Crippen molar-refractivity contribution in [2.75, 3.05) is 0 Å². The van der Waals surface area contributed by atoms with Crippen molar-refractivity contribution < 1.29 is 9.90 Å². The summed E-state index contributed by atoms with van der Waals surface area (Å²) < 4.78 is 3.09. The fourth-order valence-electron chi connectivity index (χ4n) is 1.38. The number of aromatic nitrogens is 5. The molecular weight excluding hydrogens is 210 g/mol. The molecule has 0 saturated heterocycles. The first kappa shape index (κ1) is 10.3. The van der Waals surface area contributed by atoms with Crippen LogP contribution < -0.4 is 0 Å². The summed E-state index contributed by atoms with van der Waals surface area (Å²) in [6.07, 6.45) is 0. The summed E-state index contributed by atoms with van der Waals surface area (Å²) in [4.78, 5) is 10.8. The van der Waals surface area contributed by atoms with E-state index in [-0.39, 0.29) is 5.69 Å². The van der Waals surface area contributed by atoms with Crippen molar-refractivity contribution in [3.8, 4) is 5.82 Å². The molecule has 0 radical (unpaired) electrons. The number of hydrogen-bond acceptors (Lipinski definition) is 4. The molecular formula is C9H11N5O2. The zero-order valence-corrected chi connectivity index (χ0v) is 9.17. The molecule has 0 amide bonds. The third-order valence-corrected chi connectivity index (χ3v) is 2.39. The highest BCUT2D eigenvalue weighted by molar-refractivity contribution is 5.85. The summed E-state index contributed by atoms with van der Waals surface area (Å²) in [6, 6.07) is 1.50. The second kappa shape index (κ2) is 3.44. The van der Waals surface area contributed by atoms with Crippen molar-refractivity contribution in [1.29, 1.82) is 0 Å². The Bertz CT molecular complexity index is 554. The van der Waals surface area contributed by atoms with Crippen LogP contribution in [0, 0.1) is 13.8 Å². The Morgan fingerprint density at radius 3 is 2.56 bits per heavy atom. The second-order valence-corrected chi connectivity index (χ2v) is 3.51. The highest BCUT2D eigenvalue weighted by Crippen LogP contribution is 2.12. The molecule has 1 N–H and O–H groups in total. The van der Waals surface area contributed by atoms with Gasteiger partial charge in [-0.1, -0.05) is 5.21 Å². The van der Waals surface area contributed by atoms with Crippen LogP contribution in [0.2, 0.25) is 0 Å². The van der Waals surface area contributed by atoms with E-state index in [1.54, 1.807) is 18.7 Å². The zero-order chi connectivity index (χ0) is 11.9. The molecule has 0 aliphatic heterocycles. The fourth-order valence-corrected chi connectivity index (χ4v) is 1.38. The molecule has 7 nitrogen and oxygen atoms in total. The predicted octanol–water partition coefficient (Wildman–Crippen LogP) is 0.316. The number of carboxylic acids is 1. The van der Waals surface area contributed by atoms with Crippen molar-refractivity contribution >= 4 is 5.97 Å². The van der Waals surface area contributed by atoms with E-state index in [1.165, 1.54) is 10.7 Å². The predicted molar refractivity (Wildman–Crippen MR) is 54.6 cm³/mol. The summed E-state index contributed by atoms with van der Waals surface area (Å²) >= 11 is 0. The highest BCUT2D eigenvalue weighted by Gasteiger charge is 2.15. The minimum absolute atomic E-state index is 0.00236. The van der Waals surface area contributed by atoms with Crippen LogP contribution in [-0.2, 0) is 7.05 Å². The first-order valence-electron chi connectivity index (χ1n) is 4.67. The van der Waals surface area contributed by atoms with E-state index in [0.29, 0.717) is 11.5 Å². The quantitative estimate of drug-likeness (QED) is 0.789. The molecule has 2 rings (SSSR count). The molecule has 0 fully saturated rings. The molecule has 0 aliphatic carbocycles. The van der Waals surface area contributed by atoms with E-state index < -0.39 is 5.97 Å². The van der Waals surface area contributed by atoms with Gasteiger partial charge in [0, 0.05) is 12.7 Å². The molecule has 0 aliphatic rings. The van der Waals surface area contributed by atoms with Crippen LogP contribution >= 0.6 is 0 Å². The van der Waals surface area contributed by atoms with Gasteiger partial charge in [0.15, 0.2) is 11.5 Å². The average molecular weight is 221 g/mol. The summed E-state index contributed by atoms with van der Waals surface area (Å²) in [5, 5.41) is 20.6. The van der Waals surface area contributed by atoms with Crippen molar-refractivity contribution in [2.24, 2.45) is 7.05 Å². The molecule has 0 spiro atoms. The lowest BCUT2D eigenvalue weighted by atomic mass is 10.4. The van der Waals surface area contributed by atoms with Gasteiger partial charge >= 0.3 is 5.97 Å². The number of carbonyl (C=O) groups is 1. The van der Waals surface area contributed by atoms with E-state index in [2.05, 4.69) is 15.4 Å². The van der Waals surface area contributed by atoms with Gasteiger partial charge in [-0.2, -0.15) is 5.10 Å². The Kier molecular flexibility index (Phi) is 2.22. The largest absolute Gasteiger partial charge is 0.476 e.